The summed E-state index contributed by atoms with van der Waals surface area (Å²) < 4.78 is 69.6. The smallest absolute Gasteiger partial charge is 0.270 e. The van der Waals surface area contributed by atoms with Crippen LogP contribution in [0.15, 0.2) is 180 Å². The fourth-order valence-corrected chi connectivity index (χ4v) is 25.3. The third-order valence-electron chi connectivity index (χ3n) is 26.3. The number of nitrogens with zero attached hydrogens (tertiary/aromatic N) is 4. The second kappa shape index (κ2) is 37.1. The molecular formula is C110H98F4N4O4S4. The molecule has 0 fully saturated rings. The standard InChI is InChI=1S/C110H98F4N4O4S4/c1-8-13-18-23-24-29-50-122-102-96-98-108(104-86(110(98,75-46-38-67(39-47-75)32-27-21-16-11-4)76-48-40-68(41-49-76)33-28-22-17-12-5)62-78(124-104)60-84-94(92(64-116)118-7)80-52-70-56-88(112)90(114)58-72(70)54-82(80)100(84)120)125-105(96)101(121)95-97-107(126-106(95)102)103-85(109(97,73-42-34-65(35-43-73)30-25-19-14-9-2)74-44-36-66(37-45-74)31-26-20-15-10-3)61-77(123-103)59-83-93(91(63-115)117-6)79-51-69-55-87(111)89(113)57-71(69)53-81(79)99(83)119/h34-49,51-62,121H,8-33,50H2,1-5H3/b83-59-,84-60-,93-91?,94-92+. The Balaban J connectivity index is 0.964. The zero-order valence-electron chi connectivity index (χ0n) is 71.9. The minimum absolute atomic E-state index is 0.0869. The number of carbonyl (C=O) groups is 2. The number of hydrogen-bond donors (Lipinski definition) is 1. The molecule has 126 heavy (non-hydrogen) atoms. The Kier molecular flexibility index (Phi) is 25.5. The predicted molar refractivity (Wildman–Crippen MR) is 510 cm³/mol. The van der Waals surface area contributed by atoms with Crippen molar-refractivity contribution in [3.8, 4) is 43.1 Å². The largest absolute Gasteiger partial charge is 0.506 e. The van der Waals surface area contributed by atoms with Crippen molar-refractivity contribution in [2.75, 3.05) is 6.61 Å². The number of Topliss-reactive ketones (excluding diaryl/α,β-unsaturated/α-hetero) is 2. The number of phenolic OH excluding ortho intramolecular Hbond substituents is 1. The first-order valence-electron chi connectivity index (χ1n) is 45.0. The summed E-state index contributed by atoms with van der Waals surface area (Å²) in [6, 6.07) is 55.1. The molecule has 0 saturated heterocycles. The van der Waals surface area contributed by atoms with Gasteiger partial charge in [-0.05, 0) is 219 Å². The summed E-state index contributed by atoms with van der Waals surface area (Å²) in [6.45, 7) is 28.2. The van der Waals surface area contributed by atoms with Crippen molar-refractivity contribution >= 4 is 122 Å². The van der Waals surface area contributed by atoms with Gasteiger partial charge in [0.1, 0.15) is 11.5 Å². The number of hydrogen-bond acceptors (Lipinski definition) is 10. The number of phenols is 1. The van der Waals surface area contributed by atoms with E-state index in [2.05, 4.69) is 166 Å². The maximum atomic E-state index is 15.4. The van der Waals surface area contributed by atoms with E-state index in [-0.39, 0.29) is 61.7 Å². The van der Waals surface area contributed by atoms with E-state index in [1.165, 1.54) is 68.4 Å². The fourth-order valence-electron chi connectivity index (χ4n) is 20.0. The summed E-state index contributed by atoms with van der Waals surface area (Å²) in [5, 5.41) is 39.1. The van der Waals surface area contributed by atoms with Gasteiger partial charge in [-0.2, -0.15) is 0 Å². The third kappa shape index (κ3) is 15.4. The monoisotopic (exact) mass is 1740 g/mol. The molecule has 16 heteroatoms. The van der Waals surface area contributed by atoms with Gasteiger partial charge < -0.3 is 9.84 Å². The van der Waals surface area contributed by atoms with Crippen LogP contribution >= 0.6 is 45.3 Å². The number of benzene rings is 9. The first-order valence-corrected chi connectivity index (χ1v) is 48.3. The maximum absolute atomic E-state index is 15.4. The van der Waals surface area contributed by atoms with Crippen molar-refractivity contribution in [3.05, 3.63) is 325 Å². The Morgan fingerprint density at radius 1 is 0.405 bits per heavy atom. The van der Waals surface area contributed by atoms with Crippen LogP contribution in [0.4, 0.5) is 17.6 Å². The number of ether oxygens (including phenoxy) is 1. The highest BCUT2D eigenvalue weighted by Gasteiger charge is 2.55. The molecule has 0 unspecified atom stereocenters. The molecule has 0 spiro atoms. The minimum Gasteiger partial charge on any atom is -0.506 e. The number of halogens is 4. The SMILES string of the molecule is [C-]#[N+]C(C#N)=C1/C(=C/c2cc3c(s2)-c2sc4c(OCCCCCCCC)c5c6c(sc5c(O)c4c2C3(c2ccc(CCCCCC)cc2)c2ccc(CCCCCC)cc2)-c2sc(/C=C3\C(=O)c4cc5cc(F)c(F)cc5cc4\C3=C(\C#N)[N+]#[C-])cc2C6(c2ccc(CCCCCC)cc2)c2ccc(CCCCCC)cc2)C(=O)c2cc3cc(F)c(F)cc3cc21. The van der Waals surface area contributed by atoms with Gasteiger partial charge in [-0.3, -0.25) is 9.59 Å². The summed E-state index contributed by atoms with van der Waals surface area (Å²) in [7, 11) is 0. The lowest BCUT2D eigenvalue weighted by atomic mass is 9.66. The van der Waals surface area contributed by atoms with Crippen LogP contribution in [-0.2, 0) is 36.5 Å². The molecule has 4 aliphatic rings. The first kappa shape index (κ1) is 86.5. The average molecular weight is 1740 g/mol. The quantitative estimate of drug-likeness (QED) is 0.0141. The van der Waals surface area contributed by atoms with Crippen LogP contribution in [0, 0.1) is 59.1 Å². The lowest BCUT2D eigenvalue weighted by Crippen LogP contribution is -2.29. The van der Waals surface area contributed by atoms with Crippen molar-refractivity contribution in [2.24, 2.45) is 0 Å². The molecule has 17 rings (SSSR count). The van der Waals surface area contributed by atoms with Gasteiger partial charge in [-0.15, -0.1) is 45.3 Å². The number of aryl methyl sites for hydroxylation is 4. The molecule has 0 saturated carbocycles. The topological polar surface area (TPSA) is 120 Å². The molecule has 4 aromatic heterocycles. The molecule has 4 aliphatic carbocycles. The van der Waals surface area contributed by atoms with Crippen LogP contribution in [0.5, 0.6) is 11.5 Å². The third-order valence-corrected chi connectivity index (χ3v) is 31.2. The van der Waals surface area contributed by atoms with Gasteiger partial charge in [0.2, 0.25) is 0 Å². The van der Waals surface area contributed by atoms with Crippen LogP contribution < -0.4 is 4.74 Å². The molecule has 0 aliphatic heterocycles. The molecule has 0 amide bonds. The summed E-state index contributed by atoms with van der Waals surface area (Å²) in [4.78, 5) is 43.2. The minimum atomic E-state index is -1.19. The van der Waals surface area contributed by atoms with E-state index in [1.54, 1.807) is 35.6 Å². The lowest BCUT2D eigenvalue weighted by Gasteiger charge is -2.34. The number of allylic oxidation sites excluding steroid dienone is 6. The highest BCUT2D eigenvalue weighted by atomic mass is 32.1. The Bertz CT molecular complexity index is 6490. The van der Waals surface area contributed by atoms with Crippen LogP contribution in [0.1, 0.15) is 284 Å². The van der Waals surface area contributed by atoms with E-state index >= 15 is 27.2 Å². The van der Waals surface area contributed by atoms with Gasteiger partial charge in [0.25, 0.3) is 11.4 Å². The van der Waals surface area contributed by atoms with Gasteiger partial charge in [0.05, 0.1) is 71.6 Å². The molecule has 0 bridgehead atoms. The summed E-state index contributed by atoms with van der Waals surface area (Å²) >= 11 is 6.11. The van der Waals surface area contributed by atoms with E-state index in [0.29, 0.717) is 53.7 Å². The van der Waals surface area contributed by atoms with Gasteiger partial charge in [0, 0.05) is 65.1 Å². The molecular weight excluding hydrogens is 1650 g/mol. The molecule has 9 aromatic carbocycles. The van der Waals surface area contributed by atoms with Crippen LogP contribution in [0.3, 0.4) is 0 Å². The summed E-state index contributed by atoms with van der Waals surface area (Å²) in [6.07, 6.45) is 30.6. The second-order valence-corrected chi connectivity index (χ2v) is 38.5. The summed E-state index contributed by atoms with van der Waals surface area (Å²) in [5.74, 6) is -4.48. The molecule has 8 nitrogen and oxygen atoms in total. The highest BCUT2D eigenvalue weighted by molar-refractivity contribution is 7.29. The van der Waals surface area contributed by atoms with Crippen molar-refractivity contribution in [1.29, 1.82) is 10.5 Å². The maximum Gasteiger partial charge on any atom is 0.270 e. The van der Waals surface area contributed by atoms with Gasteiger partial charge in [0.15, 0.2) is 34.8 Å². The number of aromatic hydroxyl groups is 1. The molecule has 1 N–H and O–H groups in total. The van der Waals surface area contributed by atoms with Gasteiger partial charge in [-0.1, -0.05) is 241 Å². The van der Waals surface area contributed by atoms with Crippen molar-refractivity contribution in [1.82, 2.24) is 0 Å². The number of carbonyl (C=O) groups excluding carboxylic acids is 2. The molecule has 4 heterocycles. The van der Waals surface area contributed by atoms with Crippen LogP contribution in [-0.4, -0.2) is 23.3 Å². The Labute approximate surface area is 751 Å². The number of thiophene rings is 4. The lowest BCUT2D eigenvalue weighted by molar-refractivity contribution is 0.103. The Morgan fingerprint density at radius 3 is 1.06 bits per heavy atom. The zero-order valence-corrected chi connectivity index (χ0v) is 75.1. The van der Waals surface area contributed by atoms with E-state index in [4.69, 9.17) is 17.9 Å². The molecule has 13 aromatic rings. The second-order valence-electron chi connectivity index (χ2n) is 34.3. The molecule has 0 atom stereocenters. The molecule has 634 valence electrons. The van der Waals surface area contributed by atoms with Crippen LogP contribution in [0.25, 0.3) is 94.2 Å². The van der Waals surface area contributed by atoms with Gasteiger partial charge >= 0.3 is 0 Å². The average Bonchev–Trinajstić information content (AvgIpc) is 1.49. The summed E-state index contributed by atoms with van der Waals surface area (Å²) in [5.41, 5.74) is 10.7. The van der Waals surface area contributed by atoms with Crippen molar-refractivity contribution < 1.29 is 37.0 Å². The number of ketones is 2. The van der Waals surface area contributed by atoms with Crippen molar-refractivity contribution in [3.63, 3.8) is 0 Å². The Morgan fingerprint density at radius 2 is 0.722 bits per heavy atom. The van der Waals surface area contributed by atoms with E-state index in [1.807, 2.05) is 0 Å². The highest BCUT2D eigenvalue weighted by Crippen LogP contribution is 2.71. The normalized spacial score (nSPS) is 15.3. The predicted octanol–water partition coefficient (Wildman–Crippen LogP) is 31.6. The van der Waals surface area contributed by atoms with Crippen LogP contribution in [0.2, 0.25) is 0 Å². The van der Waals surface area contributed by atoms with E-state index < -0.39 is 45.7 Å². The van der Waals surface area contributed by atoms with Crippen molar-refractivity contribution in [2.45, 2.75) is 212 Å². The number of unbranched alkanes of at least 4 members (excludes halogenated alkanes) is 17. The number of rotatable bonds is 34. The first-order chi connectivity index (χ1) is 61.5. The van der Waals surface area contributed by atoms with E-state index in [0.717, 1.165) is 265 Å². The fraction of sp³-hybridized carbons (Fsp3) is 0.309. The number of nitriles is 2. The van der Waals surface area contributed by atoms with Gasteiger partial charge in [-0.25, -0.2) is 37.8 Å². The Hall–Kier alpha value is -11.6. The number of fused-ring (bicyclic) bond motifs is 14. The van der Waals surface area contributed by atoms with E-state index in [9.17, 15) is 15.6 Å². The zero-order chi connectivity index (χ0) is 87.7. The molecule has 0 radical (unpaired) electrons.